The van der Waals surface area contributed by atoms with E-state index in [9.17, 15) is 8.42 Å². The lowest BCUT2D eigenvalue weighted by Crippen LogP contribution is -2.37. The molecule has 0 saturated heterocycles. The van der Waals surface area contributed by atoms with E-state index in [1.807, 2.05) is 18.3 Å². The van der Waals surface area contributed by atoms with Crippen molar-refractivity contribution >= 4 is 10.1 Å². The lowest BCUT2D eigenvalue weighted by Gasteiger charge is -2.01. The molecule has 90 valence electrons. The van der Waals surface area contributed by atoms with E-state index >= 15 is 0 Å². The van der Waals surface area contributed by atoms with E-state index in [0.29, 0.717) is 6.42 Å². The normalized spacial score (nSPS) is 11.6. The molecule has 0 aromatic carbocycles. The van der Waals surface area contributed by atoms with Crippen molar-refractivity contribution in [1.29, 1.82) is 0 Å². The molecule has 0 fully saturated rings. The Morgan fingerprint density at radius 1 is 1.31 bits per heavy atom. The number of hydrogen-bond acceptors (Lipinski definition) is 2. The molecule has 0 unspecified atom stereocenters. The van der Waals surface area contributed by atoms with Crippen molar-refractivity contribution in [2.45, 2.75) is 32.7 Å². The van der Waals surface area contributed by atoms with Gasteiger partial charge in [0.25, 0.3) is 10.1 Å². The van der Waals surface area contributed by atoms with Gasteiger partial charge < -0.3 is 0 Å². The van der Waals surface area contributed by atoms with Gasteiger partial charge in [0.05, 0.1) is 5.75 Å². The molecule has 0 bridgehead atoms. The van der Waals surface area contributed by atoms with Gasteiger partial charge in [-0.3, -0.25) is 4.55 Å². The monoisotopic (exact) mass is 244 g/mol. The molecule has 0 atom stereocenters. The van der Waals surface area contributed by atoms with Crippen LogP contribution >= 0.6 is 0 Å². The zero-order valence-corrected chi connectivity index (χ0v) is 10.3. The molecule has 0 aliphatic carbocycles. The predicted octanol–water partition coefficient (Wildman–Crippen LogP) is 1.20. The Bertz CT molecular complexity index is 429. The largest absolute Gasteiger partial charge is 0.286 e. The van der Waals surface area contributed by atoms with Crippen molar-refractivity contribution in [3.63, 3.8) is 0 Å². The van der Waals surface area contributed by atoms with E-state index in [-0.39, 0.29) is 5.75 Å². The summed E-state index contributed by atoms with van der Waals surface area (Å²) in [7, 11) is -3.80. The molecule has 0 amide bonds. The summed E-state index contributed by atoms with van der Waals surface area (Å²) in [5.74, 6) is -0.151. The standard InChI is InChI=1S/C11H17NO3S/c1-2-11-7-3-4-8-12(11)9-5-6-10-16(13,14)15/h3-4,7-8H,2,5-6,9-10H2,1H3/p+1. The van der Waals surface area contributed by atoms with E-state index in [4.69, 9.17) is 4.55 Å². The number of nitrogens with zero attached hydrogens (tertiary/aromatic N) is 1. The summed E-state index contributed by atoms with van der Waals surface area (Å²) < 4.78 is 31.7. The minimum absolute atomic E-state index is 0.151. The zero-order valence-electron chi connectivity index (χ0n) is 9.46. The average Bonchev–Trinajstić information content (AvgIpc) is 2.23. The number of pyridine rings is 1. The maximum Gasteiger partial charge on any atom is 0.264 e. The first-order valence-corrected chi connectivity index (χ1v) is 7.06. The van der Waals surface area contributed by atoms with Gasteiger partial charge >= 0.3 is 0 Å². The highest BCUT2D eigenvalue weighted by molar-refractivity contribution is 7.85. The summed E-state index contributed by atoms with van der Waals surface area (Å²) in [5, 5.41) is 0. The first-order chi connectivity index (χ1) is 7.53. The van der Waals surface area contributed by atoms with E-state index in [2.05, 4.69) is 17.6 Å². The smallest absolute Gasteiger partial charge is 0.264 e. The molecule has 1 rings (SSSR count). The minimum Gasteiger partial charge on any atom is -0.286 e. The fraction of sp³-hybridized carbons (Fsp3) is 0.545. The molecule has 4 nitrogen and oxygen atoms in total. The van der Waals surface area contributed by atoms with Crippen molar-refractivity contribution in [1.82, 2.24) is 0 Å². The van der Waals surface area contributed by atoms with Gasteiger partial charge in [0.1, 0.15) is 6.54 Å². The Labute approximate surface area is 96.7 Å². The Morgan fingerprint density at radius 3 is 2.69 bits per heavy atom. The molecule has 16 heavy (non-hydrogen) atoms. The molecule has 1 N–H and O–H groups in total. The van der Waals surface area contributed by atoms with Gasteiger partial charge in [-0.2, -0.15) is 8.42 Å². The molecular weight excluding hydrogens is 226 g/mol. The van der Waals surface area contributed by atoms with Crippen LogP contribution in [0.25, 0.3) is 0 Å². The third-order valence-electron chi connectivity index (χ3n) is 2.45. The number of aryl methyl sites for hydroxylation is 2. The Hall–Kier alpha value is -0.940. The molecule has 0 aliphatic heterocycles. The molecule has 0 spiro atoms. The van der Waals surface area contributed by atoms with Gasteiger partial charge in [-0.15, -0.1) is 0 Å². The Balaban J connectivity index is 2.43. The maximum absolute atomic E-state index is 10.5. The van der Waals surface area contributed by atoms with Crippen LogP contribution in [0.2, 0.25) is 0 Å². The first-order valence-electron chi connectivity index (χ1n) is 5.45. The van der Waals surface area contributed by atoms with Crippen LogP contribution in [0.3, 0.4) is 0 Å². The summed E-state index contributed by atoms with van der Waals surface area (Å²) in [4.78, 5) is 0. The Kier molecular flexibility index (Phi) is 4.89. The van der Waals surface area contributed by atoms with Crippen molar-refractivity contribution in [2.75, 3.05) is 5.75 Å². The summed E-state index contributed by atoms with van der Waals surface area (Å²) in [6, 6.07) is 6.01. The zero-order chi connectivity index (χ0) is 12.0. The SMILES string of the molecule is CCc1cccc[n+]1CCCCS(=O)(=O)O. The highest BCUT2D eigenvalue weighted by Gasteiger charge is 2.08. The van der Waals surface area contributed by atoms with E-state index in [1.165, 1.54) is 5.69 Å². The van der Waals surface area contributed by atoms with Crippen LogP contribution in [0.1, 0.15) is 25.5 Å². The van der Waals surface area contributed by atoms with Gasteiger partial charge in [0.15, 0.2) is 11.9 Å². The summed E-state index contributed by atoms with van der Waals surface area (Å²) >= 11 is 0. The molecule has 0 saturated carbocycles. The predicted molar refractivity (Wildman–Crippen MR) is 61.7 cm³/mol. The van der Waals surface area contributed by atoms with Crippen LogP contribution in [-0.2, 0) is 23.1 Å². The van der Waals surface area contributed by atoms with Gasteiger partial charge in [0, 0.05) is 25.0 Å². The second kappa shape index (κ2) is 5.96. The summed E-state index contributed by atoms with van der Waals surface area (Å²) in [5.41, 5.74) is 1.23. The molecule has 0 aliphatic rings. The summed E-state index contributed by atoms with van der Waals surface area (Å²) in [6.07, 6.45) is 4.19. The molecule has 5 heteroatoms. The third-order valence-corrected chi connectivity index (χ3v) is 3.25. The van der Waals surface area contributed by atoms with E-state index in [0.717, 1.165) is 19.4 Å². The first kappa shape index (κ1) is 13.1. The van der Waals surface area contributed by atoms with Crippen molar-refractivity contribution in [3.05, 3.63) is 30.1 Å². The van der Waals surface area contributed by atoms with E-state index < -0.39 is 10.1 Å². The Morgan fingerprint density at radius 2 is 2.06 bits per heavy atom. The second-order valence-corrected chi connectivity index (χ2v) is 5.30. The van der Waals surface area contributed by atoms with Crippen LogP contribution in [0.5, 0.6) is 0 Å². The van der Waals surface area contributed by atoms with E-state index in [1.54, 1.807) is 0 Å². The van der Waals surface area contributed by atoms with Crippen LogP contribution < -0.4 is 4.57 Å². The fourth-order valence-corrected chi connectivity index (χ4v) is 2.19. The topological polar surface area (TPSA) is 58.2 Å². The van der Waals surface area contributed by atoms with Crippen LogP contribution in [-0.4, -0.2) is 18.7 Å². The molecule has 1 aromatic heterocycles. The molecule has 0 radical (unpaired) electrons. The number of unbranched alkanes of at least 4 members (excludes halogenated alkanes) is 1. The third kappa shape index (κ3) is 4.72. The lowest BCUT2D eigenvalue weighted by molar-refractivity contribution is -0.704. The minimum atomic E-state index is -3.80. The lowest BCUT2D eigenvalue weighted by atomic mass is 10.2. The van der Waals surface area contributed by atoms with Crippen LogP contribution in [0.4, 0.5) is 0 Å². The highest BCUT2D eigenvalue weighted by atomic mass is 32.2. The fourth-order valence-electron chi connectivity index (χ4n) is 1.62. The van der Waals surface area contributed by atoms with Gasteiger partial charge in [-0.05, 0) is 6.42 Å². The van der Waals surface area contributed by atoms with Crippen molar-refractivity contribution in [3.8, 4) is 0 Å². The van der Waals surface area contributed by atoms with Crippen LogP contribution in [0.15, 0.2) is 24.4 Å². The second-order valence-electron chi connectivity index (χ2n) is 3.73. The molecular formula is C11H18NO3S+. The maximum atomic E-state index is 10.5. The van der Waals surface area contributed by atoms with Crippen molar-refractivity contribution in [2.24, 2.45) is 0 Å². The van der Waals surface area contributed by atoms with Crippen molar-refractivity contribution < 1.29 is 17.5 Å². The number of aromatic nitrogens is 1. The quantitative estimate of drug-likeness (QED) is 0.465. The van der Waals surface area contributed by atoms with Crippen LogP contribution in [0, 0.1) is 0 Å². The average molecular weight is 244 g/mol. The van der Waals surface area contributed by atoms with Gasteiger partial charge in [-0.1, -0.05) is 13.0 Å². The van der Waals surface area contributed by atoms with Gasteiger partial charge in [0.2, 0.25) is 0 Å². The molecule has 1 aromatic rings. The molecule has 1 heterocycles. The van der Waals surface area contributed by atoms with Gasteiger partial charge in [-0.25, -0.2) is 4.57 Å². The summed E-state index contributed by atoms with van der Waals surface area (Å²) in [6.45, 7) is 2.88. The highest BCUT2D eigenvalue weighted by Crippen LogP contribution is 1.97. The number of hydrogen-bond donors (Lipinski definition) is 1. The number of rotatable bonds is 6.